The van der Waals surface area contributed by atoms with Crippen LogP contribution in [0.5, 0.6) is 0 Å². The molecule has 0 saturated carbocycles. The van der Waals surface area contributed by atoms with E-state index in [2.05, 4.69) is 10.6 Å². The van der Waals surface area contributed by atoms with Crippen molar-refractivity contribution in [3.63, 3.8) is 0 Å². The molecular formula is C18H27FN4O2. The number of urea groups is 1. The van der Waals surface area contributed by atoms with Crippen LogP contribution in [-0.4, -0.2) is 42.0 Å². The molecule has 0 aromatic heterocycles. The summed E-state index contributed by atoms with van der Waals surface area (Å²) in [5, 5.41) is 5.47. The molecule has 138 valence electrons. The predicted molar refractivity (Wildman–Crippen MR) is 94.3 cm³/mol. The minimum absolute atomic E-state index is 0.0503. The third kappa shape index (κ3) is 6.01. The maximum atomic E-state index is 12.9. The SMILES string of the molecule is CCCC(NC(=O)NCc1ccc(F)cc1)C(=O)N1CCC(N)CC1. The van der Waals surface area contributed by atoms with Crippen molar-refractivity contribution in [1.82, 2.24) is 15.5 Å². The molecule has 1 saturated heterocycles. The van der Waals surface area contributed by atoms with Gasteiger partial charge in [-0.2, -0.15) is 0 Å². The van der Waals surface area contributed by atoms with E-state index in [4.69, 9.17) is 5.73 Å². The minimum atomic E-state index is -0.535. The Bertz CT molecular complexity index is 571. The molecule has 1 atom stereocenters. The second kappa shape index (κ2) is 9.36. The highest BCUT2D eigenvalue weighted by molar-refractivity contribution is 5.87. The van der Waals surface area contributed by atoms with Crippen LogP contribution >= 0.6 is 0 Å². The highest BCUT2D eigenvalue weighted by atomic mass is 19.1. The van der Waals surface area contributed by atoms with Crippen LogP contribution in [0, 0.1) is 5.82 Å². The Hall–Kier alpha value is -2.15. The molecule has 1 aromatic carbocycles. The van der Waals surface area contributed by atoms with E-state index in [9.17, 15) is 14.0 Å². The fourth-order valence-corrected chi connectivity index (χ4v) is 2.88. The summed E-state index contributed by atoms with van der Waals surface area (Å²) in [6.07, 6.45) is 2.97. The van der Waals surface area contributed by atoms with Gasteiger partial charge in [0.1, 0.15) is 11.9 Å². The number of nitrogens with zero attached hydrogens (tertiary/aromatic N) is 1. The van der Waals surface area contributed by atoms with Crippen LogP contribution in [0.3, 0.4) is 0 Å². The van der Waals surface area contributed by atoms with Crippen LogP contribution in [0.4, 0.5) is 9.18 Å². The molecule has 0 radical (unpaired) electrons. The van der Waals surface area contributed by atoms with Crippen molar-refractivity contribution in [2.24, 2.45) is 5.73 Å². The van der Waals surface area contributed by atoms with Gasteiger partial charge in [-0.1, -0.05) is 25.5 Å². The third-order valence-corrected chi connectivity index (χ3v) is 4.40. The first kappa shape index (κ1) is 19.2. The molecule has 1 aliphatic heterocycles. The summed E-state index contributed by atoms with van der Waals surface area (Å²) in [6.45, 7) is 3.53. The normalized spacial score (nSPS) is 16.4. The third-order valence-electron chi connectivity index (χ3n) is 4.40. The molecule has 1 aliphatic rings. The minimum Gasteiger partial charge on any atom is -0.341 e. The lowest BCUT2D eigenvalue weighted by atomic mass is 10.0. The van der Waals surface area contributed by atoms with Crippen molar-refractivity contribution in [1.29, 1.82) is 0 Å². The van der Waals surface area contributed by atoms with Crippen LogP contribution in [0.25, 0.3) is 0 Å². The Morgan fingerprint density at radius 1 is 1.28 bits per heavy atom. The van der Waals surface area contributed by atoms with Crippen molar-refractivity contribution in [2.75, 3.05) is 13.1 Å². The fourth-order valence-electron chi connectivity index (χ4n) is 2.88. The number of halogens is 1. The molecule has 7 heteroatoms. The van der Waals surface area contributed by atoms with E-state index in [0.29, 0.717) is 19.5 Å². The van der Waals surface area contributed by atoms with E-state index in [1.807, 2.05) is 6.92 Å². The second-order valence-corrected chi connectivity index (χ2v) is 6.46. The van der Waals surface area contributed by atoms with E-state index in [0.717, 1.165) is 24.8 Å². The van der Waals surface area contributed by atoms with Crippen molar-refractivity contribution >= 4 is 11.9 Å². The molecule has 0 aliphatic carbocycles. The number of benzene rings is 1. The first-order chi connectivity index (χ1) is 12.0. The molecule has 25 heavy (non-hydrogen) atoms. The zero-order valence-electron chi connectivity index (χ0n) is 14.6. The summed E-state index contributed by atoms with van der Waals surface area (Å²) in [4.78, 5) is 26.5. The highest BCUT2D eigenvalue weighted by Crippen LogP contribution is 2.11. The highest BCUT2D eigenvalue weighted by Gasteiger charge is 2.27. The first-order valence-electron chi connectivity index (χ1n) is 8.82. The average Bonchev–Trinajstić information content (AvgIpc) is 2.61. The van der Waals surface area contributed by atoms with Crippen LogP contribution < -0.4 is 16.4 Å². The summed E-state index contributed by atoms with van der Waals surface area (Å²) in [7, 11) is 0. The lowest BCUT2D eigenvalue weighted by Gasteiger charge is -2.33. The van der Waals surface area contributed by atoms with Crippen molar-refractivity contribution < 1.29 is 14.0 Å². The number of nitrogens with two attached hydrogens (primary N) is 1. The van der Waals surface area contributed by atoms with Crippen LogP contribution in [0.2, 0.25) is 0 Å². The lowest BCUT2D eigenvalue weighted by Crippen LogP contribution is -2.53. The summed E-state index contributed by atoms with van der Waals surface area (Å²) < 4.78 is 12.9. The number of hydrogen-bond acceptors (Lipinski definition) is 3. The summed E-state index contributed by atoms with van der Waals surface area (Å²) in [5.74, 6) is -0.367. The Labute approximate surface area is 147 Å². The summed E-state index contributed by atoms with van der Waals surface area (Å²) in [6, 6.07) is 5.14. The molecule has 0 bridgehead atoms. The van der Waals surface area contributed by atoms with Gasteiger partial charge in [-0.3, -0.25) is 4.79 Å². The number of likely N-dealkylation sites (tertiary alicyclic amines) is 1. The number of rotatable bonds is 6. The van der Waals surface area contributed by atoms with Crippen LogP contribution in [0.15, 0.2) is 24.3 Å². The zero-order valence-corrected chi connectivity index (χ0v) is 14.6. The van der Waals surface area contributed by atoms with Gasteiger partial charge in [0, 0.05) is 25.7 Å². The number of carbonyl (C=O) groups excluding carboxylic acids is 2. The molecule has 2 rings (SSSR count). The van der Waals surface area contributed by atoms with Crippen LogP contribution in [0.1, 0.15) is 38.2 Å². The van der Waals surface area contributed by atoms with Gasteiger partial charge in [0.25, 0.3) is 0 Å². The molecular weight excluding hydrogens is 323 g/mol. The van der Waals surface area contributed by atoms with E-state index in [1.54, 1.807) is 17.0 Å². The molecule has 1 fully saturated rings. The number of carbonyl (C=O) groups is 2. The topological polar surface area (TPSA) is 87.5 Å². The van der Waals surface area contributed by atoms with E-state index >= 15 is 0 Å². The van der Waals surface area contributed by atoms with Crippen molar-refractivity contribution in [2.45, 2.75) is 51.2 Å². The van der Waals surface area contributed by atoms with Gasteiger partial charge in [0.15, 0.2) is 0 Å². The maximum Gasteiger partial charge on any atom is 0.315 e. The van der Waals surface area contributed by atoms with Crippen LogP contribution in [-0.2, 0) is 11.3 Å². The van der Waals surface area contributed by atoms with Gasteiger partial charge in [-0.15, -0.1) is 0 Å². The number of hydrogen-bond donors (Lipinski definition) is 3. The van der Waals surface area contributed by atoms with Gasteiger partial charge in [0.2, 0.25) is 5.91 Å². The number of piperidine rings is 1. The molecule has 0 spiro atoms. The van der Waals surface area contributed by atoms with Crippen molar-refractivity contribution in [3.8, 4) is 0 Å². The van der Waals surface area contributed by atoms with Gasteiger partial charge < -0.3 is 21.3 Å². The Kier molecular flexibility index (Phi) is 7.18. The molecule has 1 aromatic rings. The first-order valence-corrected chi connectivity index (χ1v) is 8.82. The number of amides is 3. The fraction of sp³-hybridized carbons (Fsp3) is 0.556. The van der Waals surface area contributed by atoms with Gasteiger partial charge in [-0.05, 0) is 37.0 Å². The van der Waals surface area contributed by atoms with E-state index < -0.39 is 12.1 Å². The van der Waals surface area contributed by atoms with E-state index in [1.165, 1.54) is 12.1 Å². The molecule has 3 amide bonds. The standard InChI is InChI=1S/C18H27FN4O2/c1-2-3-16(17(24)23-10-8-15(20)9-11-23)22-18(25)21-12-13-4-6-14(19)7-5-13/h4-7,15-16H,2-3,8-12,20H2,1H3,(H2,21,22,25). The average molecular weight is 350 g/mol. The molecule has 6 nitrogen and oxygen atoms in total. The predicted octanol–water partition coefficient (Wildman–Crippen LogP) is 1.74. The monoisotopic (exact) mass is 350 g/mol. The molecule has 1 heterocycles. The number of nitrogens with one attached hydrogen (secondary N) is 2. The maximum absolute atomic E-state index is 12.9. The van der Waals surface area contributed by atoms with E-state index in [-0.39, 0.29) is 24.3 Å². The quantitative estimate of drug-likeness (QED) is 0.730. The molecule has 4 N–H and O–H groups in total. The lowest BCUT2D eigenvalue weighted by molar-refractivity contribution is -0.134. The Morgan fingerprint density at radius 3 is 2.52 bits per heavy atom. The van der Waals surface area contributed by atoms with Crippen molar-refractivity contribution in [3.05, 3.63) is 35.6 Å². The smallest absolute Gasteiger partial charge is 0.315 e. The van der Waals surface area contributed by atoms with Gasteiger partial charge in [0.05, 0.1) is 0 Å². The Balaban J connectivity index is 1.85. The Morgan fingerprint density at radius 2 is 1.92 bits per heavy atom. The van der Waals surface area contributed by atoms with Gasteiger partial charge in [-0.25, -0.2) is 9.18 Å². The second-order valence-electron chi connectivity index (χ2n) is 6.46. The summed E-state index contributed by atoms with van der Waals surface area (Å²) in [5.41, 5.74) is 6.67. The largest absolute Gasteiger partial charge is 0.341 e. The van der Waals surface area contributed by atoms with Gasteiger partial charge >= 0.3 is 6.03 Å². The zero-order chi connectivity index (χ0) is 18.2. The molecule has 1 unspecified atom stereocenters. The summed E-state index contributed by atoms with van der Waals surface area (Å²) >= 11 is 0.